The van der Waals surface area contributed by atoms with Crippen LogP contribution in [-0.2, 0) is 12.7 Å². The maximum Gasteiger partial charge on any atom is 0.416 e. The van der Waals surface area contributed by atoms with E-state index in [-0.39, 0.29) is 12.1 Å². The zero-order valence-corrected chi connectivity index (χ0v) is 19.2. The Kier molecular flexibility index (Phi) is 5.39. The Morgan fingerprint density at radius 1 is 0.970 bits per heavy atom. The molecule has 0 atom stereocenters. The van der Waals surface area contributed by atoms with E-state index in [2.05, 4.69) is 0 Å². The molecule has 166 valence electrons. The van der Waals surface area contributed by atoms with Crippen molar-refractivity contribution in [2.45, 2.75) is 12.7 Å². The van der Waals surface area contributed by atoms with Crippen molar-refractivity contribution in [2.75, 3.05) is 0 Å². The molecule has 2 aromatic heterocycles. The predicted octanol–water partition coefficient (Wildman–Crippen LogP) is 7.43. The Hall–Kier alpha value is -2.94. The molecule has 0 aliphatic heterocycles. The lowest BCUT2D eigenvalue weighted by Crippen LogP contribution is -2.24. The average Bonchev–Trinajstić information content (AvgIpc) is 3.14. The zero-order valence-electron chi connectivity index (χ0n) is 16.8. The standard InChI is InChI=1S/C24H14ClF3N2OS2/c25-17-10-8-15(9-11-17)20-21-29(13-14-4-3-5-16(12-14)24(26,27)28)22(31)18-6-1-2-7-19(18)30(21)23(32)33-20/h1-12H,13H2. The highest BCUT2D eigenvalue weighted by Gasteiger charge is 2.30. The minimum Gasteiger partial charge on any atom is -0.288 e. The van der Waals surface area contributed by atoms with E-state index in [1.807, 2.05) is 28.7 Å². The summed E-state index contributed by atoms with van der Waals surface area (Å²) in [6.07, 6.45) is -4.47. The predicted molar refractivity (Wildman–Crippen MR) is 129 cm³/mol. The molecular formula is C24H14ClF3N2OS2. The first-order valence-electron chi connectivity index (χ1n) is 9.83. The minimum absolute atomic E-state index is 0.0385. The first-order valence-corrected chi connectivity index (χ1v) is 11.4. The van der Waals surface area contributed by atoms with Gasteiger partial charge in [-0.15, -0.1) is 11.3 Å². The maximum atomic E-state index is 13.6. The number of alkyl halides is 3. The topological polar surface area (TPSA) is 26.4 Å². The second-order valence-electron chi connectivity index (χ2n) is 7.47. The fourth-order valence-electron chi connectivity index (χ4n) is 3.88. The molecule has 0 bridgehead atoms. The molecule has 0 fully saturated rings. The van der Waals surface area contributed by atoms with Crippen LogP contribution in [0, 0.1) is 3.95 Å². The van der Waals surface area contributed by atoms with Crippen LogP contribution in [-0.4, -0.2) is 8.97 Å². The molecule has 3 nitrogen and oxygen atoms in total. The van der Waals surface area contributed by atoms with E-state index in [0.29, 0.717) is 31.1 Å². The van der Waals surface area contributed by atoms with Crippen molar-refractivity contribution in [2.24, 2.45) is 0 Å². The smallest absolute Gasteiger partial charge is 0.288 e. The molecule has 3 aromatic carbocycles. The minimum atomic E-state index is -4.47. The molecule has 33 heavy (non-hydrogen) atoms. The van der Waals surface area contributed by atoms with Crippen LogP contribution < -0.4 is 5.56 Å². The SMILES string of the molecule is O=c1c2ccccc2n2c(=S)sc(-c3ccc(Cl)cc3)c2n1Cc1cccc(C(F)(F)F)c1. The van der Waals surface area contributed by atoms with Crippen molar-refractivity contribution < 1.29 is 13.2 Å². The molecule has 0 amide bonds. The van der Waals surface area contributed by atoms with Crippen LogP contribution in [0.1, 0.15) is 11.1 Å². The van der Waals surface area contributed by atoms with Gasteiger partial charge in [-0.3, -0.25) is 13.8 Å². The molecule has 9 heteroatoms. The fourth-order valence-corrected chi connectivity index (χ4v) is 5.44. The number of para-hydroxylation sites is 1. The van der Waals surface area contributed by atoms with Gasteiger partial charge in [0.1, 0.15) is 5.65 Å². The number of thiazole rings is 1. The summed E-state index contributed by atoms with van der Waals surface area (Å²) < 4.78 is 43.7. The van der Waals surface area contributed by atoms with Crippen LogP contribution in [0.25, 0.3) is 27.0 Å². The summed E-state index contributed by atoms with van der Waals surface area (Å²) in [6, 6.07) is 19.2. The summed E-state index contributed by atoms with van der Waals surface area (Å²) in [5.41, 5.74) is 1.30. The highest BCUT2D eigenvalue weighted by Crippen LogP contribution is 2.34. The number of benzene rings is 3. The van der Waals surface area contributed by atoms with Crippen molar-refractivity contribution in [1.29, 1.82) is 0 Å². The van der Waals surface area contributed by atoms with Crippen LogP contribution in [0.3, 0.4) is 0 Å². The maximum absolute atomic E-state index is 13.6. The van der Waals surface area contributed by atoms with Crippen molar-refractivity contribution in [1.82, 2.24) is 8.97 Å². The molecule has 0 aliphatic carbocycles. The third kappa shape index (κ3) is 3.88. The van der Waals surface area contributed by atoms with Gasteiger partial charge in [-0.2, -0.15) is 13.2 Å². The van der Waals surface area contributed by atoms with Crippen LogP contribution in [0.5, 0.6) is 0 Å². The molecule has 5 rings (SSSR count). The van der Waals surface area contributed by atoms with Gasteiger partial charge in [0.05, 0.1) is 27.9 Å². The van der Waals surface area contributed by atoms with Crippen LogP contribution in [0.4, 0.5) is 13.2 Å². The van der Waals surface area contributed by atoms with Gasteiger partial charge in [0, 0.05) is 5.02 Å². The highest BCUT2D eigenvalue weighted by molar-refractivity contribution is 7.73. The molecule has 2 heterocycles. The van der Waals surface area contributed by atoms with Gasteiger partial charge in [-0.25, -0.2) is 0 Å². The number of hydrogen-bond acceptors (Lipinski definition) is 3. The molecule has 0 saturated carbocycles. The summed E-state index contributed by atoms with van der Waals surface area (Å²) >= 11 is 13.0. The Balaban J connectivity index is 1.84. The van der Waals surface area contributed by atoms with E-state index in [4.69, 9.17) is 23.8 Å². The lowest BCUT2D eigenvalue weighted by atomic mass is 10.1. The number of nitrogens with zero attached hydrogens (tertiary/aromatic N) is 2. The first-order chi connectivity index (χ1) is 15.7. The van der Waals surface area contributed by atoms with Gasteiger partial charge in [-0.1, -0.05) is 48.0 Å². The van der Waals surface area contributed by atoms with E-state index in [0.717, 1.165) is 22.6 Å². The Bertz CT molecular complexity index is 1630. The lowest BCUT2D eigenvalue weighted by molar-refractivity contribution is -0.137. The van der Waals surface area contributed by atoms with Gasteiger partial charge in [-0.05, 0) is 59.7 Å². The zero-order chi connectivity index (χ0) is 23.3. The van der Waals surface area contributed by atoms with E-state index >= 15 is 0 Å². The largest absolute Gasteiger partial charge is 0.416 e. The van der Waals surface area contributed by atoms with E-state index in [1.165, 1.54) is 22.0 Å². The normalized spacial score (nSPS) is 12.0. The highest BCUT2D eigenvalue weighted by atomic mass is 35.5. The van der Waals surface area contributed by atoms with Gasteiger partial charge in [0.25, 0.3) is 5.56 Å². The van der Waals surface area contributed by atoms with Crippen molar-refractivity contribution in [3.63, 3.8) is 0 Å². The van der Waals surface area contributed by atoms with Crippen LogP contribution in [0.15, 0.2) is 77.6 Å². The number of rotatable bonds is 3. The molecular weight excluding hydrogens is 489 g/mol. The molecule has 0 radical (unpaired) electrons. The number of halogens is 4. The third-order valence-corrected chi connectivity index (χ3v) is 7.03. The van der Waals surface area contributed by atoms with Gasteiger partial charge < -0.3 is 0 Å². The van der Waals surface area contributed by atoms with Crippen molar-refractivity contribution >= 4 is 51.7 Å². The molecule has 0 unspecified atom stereocenters. The molecule has 5 aromatic rings. The first kappa shape index (κ1) is 21.9. The summed E-state index contributed by atoms with van der Waals surface area (Å²) in [6.45, 7) is -0.0385. The average molecular weight is 503 g/mol. The van der Waals surface area contributed by atoms with Gasteiger partial charge >= 0.3 is 6.18 Å². The fraction of sp³-hybridized carbons (Fsp3) is 0.0833. The quantitative estimate of drug-likeness (QED) is 0.240. The van der Waals surface area contributed by atoms with Gasteiger partial charge in [0.2, 0.25) is 0 Å². The van der Waals surface area contributed by atoms with E-state index in [1.54, 1.807) is 30.3 Å². The molecule has 0 aliphatic rings. The Morgan fingerprint density at radius 2 is 1.70 bits per heavy atom. The Morgan fingerprint density at radius 3 is 2.42 bits per heavy atom. The second kappa shape index (κ2) is 8.13. The van der Waals surface area contributed by atoms with E-state index < -0.39 is 11.7 Å². The number of hydrogen-bond donors (Lipinski definition) is 0. The molecule has 0 saturated heterocycles. The summed E-state index contributed by atoms with van der Waals surface area (Å²) in [5.74, 6) is 0. The Labute approximate surface area is 199 Å². The van der Waals surface area contributed by atoms with Crippen molar-refractivity contribution in [3.05, 3.63) is 103 Å². The summed E-state index contributed by atoms with van der Waals surface area (Å²) in [4.78, 5) is 14.3. The van der Waals surface area contributed by atoms with Gasteiger partial charge in [0.15, 0.2) is 3.95 Å². The van der Waals surface area contributed by atoms with E-state index in [9.17, 15) is 18.0 Å². The number of aromatic nitrogens is 2. The number of fused-ring (bicyclic) bond motifs is 3. The summed E-state index contributed by atoms with van der Waals surface area (Å²) in [5, 5.41) is 1.01. The monoisotopic (exact) mass is 502 g/mol. The molecule has 0 N–H and O–H groups in total. The second-order valence-corrected chi connectivity index (χ2v) is 9.55. The van der Waals surface area contributed by atoms with Crippen LogP contribution in [0.2, 0.25) is 5.02 Å². The molecule has 0 spiro atoms. The van der Waals surface area contributed by atoms with Crippen molar-refractivity contribution in [3.8, 4) is 10.4 Å². The third-order valence-electron chi connectivity index (χ3n) is 5.36. The lowest BCUT2D eigenvalue weighted by Gasteiger charge is -2.14. The van der Waals surface area contributed by atoms with Crippen LogP contribution >= 0.6 is 35.2 Å². The summed E-state index contributed by atoms with van der Waals surface area (Å²) in [7, 11) is 0.